The van der Waals surface area contributed by atoms with Crippen LogP contribution in [-0.4, -0.2) is 19.1 Å². The zero-order valence-electron chi connectivity index (χ0n) is 10.6. The van der Waals surface area contributed by atoms with Gasteiger partial charge in [-0.15, -0.1) is 0 Å². The van der Waals surface area contributed by atoms with Crippen LogP contribution in [0.2, 0.25) is 0 Å². The van der Waals surface area contributed by atoms with Gasteiger partial charge in [0, 0.05) is 6.20 Å². The van der Waals surface area contributed by atoms with Gasteiger partial charge in [-0.3, -0.25) is 10.6 Å². The van der Waals surface area contributed by atoms with Gasteiger partial charge in [0.15, 0.2) is 0 Å². The number of ether oxygens (including phenoxy) is 1. The van der Waals surface area contributed by atoms with E-state index >= 15 is 0 Å². The van der Waals surface area contributed by atoms with E-state index in [0.717, 1.165) is 16.7 Å². The highest BCUT2D eigenvalue weighted by atomic mass is 16.5. The molecule has 0 amide bonds. The molecule has 1 aromatic rings. The van der Waals surface area contributed by atoms with Crippen LogP contribution in [0.15, 0.2) is 30.5 Å². The molecule has 0 saturated heterocycles. The van der Waals surface area contributed by atoms with E-state index in [1.807, 2.05) is 31.2 Å². The van der Waals surface area contributed by atoms with Crippen LogP contribution in [0.5, 0.6) is 0 Å². The standard InChI is InChI=1S/C13H19N3O2/c1-9(8-16-15)11-5-3-10(4-6-11)7-12(14)13(17)18-2/h3-6,8,12,16H,7,14-15H2,1-2H3/b9-8+. The molecule has 1 rings (SSSR count). The molecule has 0 aliphatic heterocycles. The number of hydrogen-bond donors (Lipinski definition) is 3. The van der Waals surface area contributed by atoms with E-state index < -0.39 is 12.0 Å². The maximum absolute atomic E-state index is 11.2. The molecule has 0 spiro atoms. The molecule has 0 bridgehead atoms. The van der Waals surface area contributed by atoms with Gasteiger partial charge in [0.25, 0.3) is 0 Å². The zero-order chi connectivity index (χ0) is 13.5. The lowest BCUT2D eigenvalue weighted by Gasteiger charge is -2.10. The fourth-order valence-corrected chi connectivity index (χ4v) is 1.60. The summed E-state index contributed by atoms with van der Waals surface area (Å²) < 4.78 is 4.58. The van der Waals surface area contributed by atoms with Crippen LogP contribution in [-0.2, 0) is 16.0 Å². The van der Waals surface area contributed by atoms with Crippen molar-refractivity contribution in [2.45, 2.75) is 19.4 Å². The molecule has 5 nitrogen and oxygen atoms in total. The molecule has 1 unspecified atom stereocenters. The van der Waals surface area contributed by atoms with Crippen molar-refractivity contribution in [1.29, 1.82) is 0 Å². The summed E-state index contributed by atoms with van der Waals surface area (Å²) in [6.45, 7) is 1.95. The number of benzene rings is 1. The van der Waals surface area contributed by atoms with Crippen LogP contribution in [0.3, 0.4) is 0 Å². The van der Waals surface area contributed by atoms with Crippen LogP contribution < -0.4 is 17.0 Å². The van der Waals surface area contributed by atoms with Crippen molar-refractivity contribution in [3.8, 4) is 0 Å². The van der Waals surface area contributed by atoms with E-state index in [-0.39, 0.29) is 0 Å². The summed E-state index contributed by atoms with van der Waals surface area (Å²) in [7, 11) is 1.33. The number of hydrogen-bond acceptors (Lipinski definition) is 5. The summed E-state index contributed by atoms with van der Waals surface area (Å²) >= 11 is 0. The van der Waals surface area contributed by atoms with Gasteiger partial charge in [-0.05, 0) is 30.0 Å². The Bertz CT molecular complexity index is 426. The first-order valence-corrected chi connectivity index (χ1v) is 5.64. The first-order valence-electron chi connectivity index (χ1n) is 5.64. The van der Waals surface area contributed by atoms with E-state index in [0.29, 0.717) is 6.42 Å². The van der Waals surface area contributed by atoms with E-state index in [9.17, 15) is 4.79 Å². The lowest BCUT2D eigenvalue weighted by atomic mass is 10.0. The van der Waals surface area contributed by atoms with Gasteiger partial charge in [-0.2, -0.15) is 0 Å². The Balaban J connectivity index is 2.72. The van der Waals surface area contributed by atoms with Crippen molar-refractivity contribution in [1.82, 2.24) is 5.43 Å². The number of nitrogens with one attached hydrogen (secondary N) is 1. The Kier molecular flexibility index (Phi) is 5.35. The first kappa shape index (κ1) is 14.2. The second-order valence-corrected chi connectivity index (χ2v) is 4.02. The van der Waals surface area contributed by atoms with Crippen LogP contribution in [0.1, 0.15) is 18.1 Å². The molecule has 1 aromatic carbocycles. The van der Waals surface area contributed by atoms with Gasteiger partial charge >= 0.3 is 5.97 Å². The number of nitrogens with two attached hydrogens (primary N) is 2. The molecule has 18 heavy (non-hydrogen) atoms. The minimum atomic E-state index is -0.622. The molecule has 0 fully saturated rings. The molecule has 0 saturated carbocycles. The second-order valence-electron chi connectivity index (χ2n) is 4.02. The van der Waals surface area contributed by atoms with E-state index in [1.165, 1.54) is 7.11 Å². The maximum Gasteiger partial charge on any atom is 0.322 e. The molecule has 0 radical (unpaired) electrons. The Morgan fingerprint density at radius 1 is 1.44 bits per heavy atom. The van der Waals surface area contributed by atoms with Crippen LogP contribution >= 0.6 is 0 Å². The fourth-order valence-electron chi connectivity index (χ4n) is 1.60. The normalized spacial score (nSPS) is 13.0. The van der Waals surface area contributed by atoms with Crippen molar-refractivity contribution < 1.29 is 9.53 Å². The summed E-state index contributed by atoms with van der Waals surface area (Å²) in [6.07, 6.45) is 2.18. The number of methoxy groups -OCH3 is 1. The molecule has 1 atom stereocenters. The highest BCUT2D eigenvalue weighted by Gasteiger charge is 2.13. The minimum absolute atomic E-state index is 0.400. The maximum atomic E-state index is 11.2. The smallest absolute Gasteiger partial charge is 0.322 e. The molecule has 0 heterocycles. The molecular formula is C13H19N3O2. The number of carbonyl (C=O) groups is 1. The van der Waals surface area contributed by atoms with E-state index in [1.54, 1.807) is 6.20 Å². The molecule has 0 aliphatic rings. The predicted molar refractivity (Wildman–Crippen MR) is 71.1 cm³/mol. The third-order valence-corrected chi connectivity index (χ3v) is 2.67. The molecule has 5 N–H and O–H groups in total. The van der Waals surface area contributed by atoms with E-state index in [2.05, 4.69) is 10.2 Å². The average molecular weight is 249 g/mol. The Morgan fingerprint density at radius 2 is 2.06 bits per heavy atom. The largest absolute Gasteiger partial charge is 0.468 e. The number of allylic oxidation sites excluding steroid dienone is 1. The van der Waals surface area contributed by atoms with Crippen LogP contribution in [0, 0.1) is 0 Å². The monoisotopic (exact) mass is 249 g/mol. The second kappa shape index (κ2) is 6.78. The molecule has 98 valence electrons. The van der Waals surface area contributed by atoms with Gasteiger partial charge < -0.3 is 15.9 Å². The van der Waals surface area contributed by atoms with Crippen molar-refractivity contribution in [2.24, 2.45) is 11.6 Å². The Hall–Kier alpha value is -1.85. The number of esters is 1. The van der Waals surface area contributed by atoms with Crippen molar-refractivity contribution >= 4 is 11.5 Å². The van der Waals surface area contributed by atoms with Gasteiger partial charge in [-0.25, -0.2) is 0 Å². The van der Waals surface area contributed by atoms with E-state index in [4.69, 9.17) is 11.6 Å². The van der Waals surface area contributed by atoms with Crippen molar-refractivity contribution in [2.75, 3.05) is 7.11 Å². The number of hydrazine groups is 1. The topological polar surface area (TPSA) is 90.4 Å². The Labute approximate surface area is 107 Å². The first-order chi connectivity index (χ1) is 8.58. The van der Waals surface area contributed by atoms with Gasteiger partial charge in [0.1, 0.15) is 6.04 Å². The lowest BCUT2D eigenvalue weighted by molar-refractivity contribution is -0.142. The Morgan fingerprint density at radius 3 is 2.56 bits per heavy atom. The highest BCUT2D eigenvalue weighted by Crippen LogP contribution is 2.14. The quantitative estimate of drug-likeness (QED) is 0.403. The van der Waals surface area contributed by atoms with Crippen LogP contribution in [0.4, 0.5) is 0 Å². The average Bonchev–Trinajstić information content (AvgIpc) is 2.38. The SMILES string of the molecule is COC(=O)C(N)Cc1ccc(/C(C)=C/NN)cc1. The third kappa shape index (κ3) is 3.87. The third-order valence-electron chi connectivity index (χ3n) is 2.67. The van der Waals surface area contributed by atoms with Crippen molar-refractivity contribution in [3.63, 3.8) is 0 Å². The zero-order valence-corrected chi connectivity index (χ0v) is 10.6. The summed E-state index contributed by atoms with van der Waals surface area (Å²) in [5, 5.41) is 0. The number of carbonyl (C=O) groups excluding carboxylic acids is 1. The van der Waals surface area contributed by atoms with Crippen LogP contribution in [0.25, 0.3) is 5.57 Å². The summed E-state index contributed by atoms with van der Waals surface area (Å²) in [4.78, 5) is 11.2. The van der Waals surface area contributed by atoms with Crippen molar-refractivity contribution in [3.05, 3.63) is 41.6 Å². The van der Waals surface area contributed by atoms with Gasteiger partial charge in [0.2, 0.25) is 0 Å². The minimum Gasteiger partial charge on any atom is -0.468 e. The summed E-state index contributed by atoms with van der Waals surface area (Å²) in [6, 6.07) is 7.17. The summed E-state index contributed by atoms with van der Waals surface area (Å²) in [5.74, 6) is 4.82. The molecule has 5 heteroatoms. The fraction of sp³-hybridized carbons (Fsp3) is 0.308. The lowest BCUT2D eigenvalue weighted by Crippen LogP contribution is -2.33. The molecule has 0 aromatic heterocycles. The highest BCUT2D eigenvalue weighted by molar-refractivity contribution is 5.75. The summed E-state index contributed by atoms with van der Waals surface area (Å²) in [5.41, 5.74) is 11.3. The van der Waals surface area contributed by atoms with Gasteiger partial charge in [-0.1, -0.05) is 24.3 Å². The predicted octanol–water partition coefficient (Wildman–Crippen LogP) is 0.554. The number of rotatable bonds is 5. The van der Waals surface area contributed by atoms with Gasteiger partial charge in [0.05, 0.1) is 7.11 Å². The molecular weight excluding hydrogens is 230 g/mol. The molecule has 0 aliphatic carbocycles.